The van der Waals surface area contributed by atoms with Crippen molar-refractivity contribution in [1.29, 1.82) is 0 Å². The fraction of sp³-hybridized carbons (Fsp3) is 0.0500. The number of pyridine rings is 1. The normalized spacial score (nSPS) is 12.0. The largest absolute Gasteiger partial charge is 0.308 e. The van der Waals surface area contributed by atoms with Gasteiger partial charge in [0.2, 0.25) is 0 Å². The lowest BCUT2D eigenvalue weighted by Crippen LogP contribution is -1.94. The second-order valence-electron chi connectivity index (χ2n) is 5.85. The number of aromatic nitrogens is 1. The Bertz CT molecular complexity index is 1110. The SMILES string of the molecule is CC(=O)c1cc2c3ccccc3c3c4ccccc4c(c1)n23. The molecule has 5 aromatic rings. The molecule has 0 N–H and O–H groups in total. The zero-order valence-corrected chi connectivity index (χ0v) is 12.1. The highest BCUT2D eigenvalue weighted by atomic mass is 16.1. The van der Waals surface area contributed by atoms with Gasteiger partial charge >= 0.3 is 0 Å². The van der Waals surface area contributed by atoms with Gasteiger partial charge in [0.05, 0.1) is 16.6 Å². The van der Waals surface area contributed by atoms with Crippen LogP contribution in [0.3, 0.4) is 0 Å². The first kappa shape index (κ1) is 11.8. The highest BCUT2D eigenvalue weighted by Gasteiger charge is 2.18. The molecule has 22 heavy (non-hydrogen) atoms. The molecule has 0 aliphatic carbocycles. The molecule has 0 unspecified atom stereocenters. The van der Waals surface area contributed by atoms with Gasteiger partial charge in [0.15, 0.2) is 5.78 Å². The van der Waals surface area contributed by atoms with E-state index in [1.54, 1.807) is 6.92 Å². The summed E-state index contributed by atoms with van der Waals surface area (Å²) < 4.78 is 2.29. The molecule has 3 aromatic heterocycles. The van der Waals surface area contributed by atoms with Gasteiger partial charge in [-0.05, 0) is 19.1 Å². The van der Waals surface area contributed by atoms with Crippen molar-refractivity contribution < 1.29 is 4.79 Å². The highest BCUT2D eigenvalue weighted by Crippen LogP contribution is 2.39. The monoisotopic (exact) mass is 283 g/mol. The fourth-order valence-electron chi connectivity index (χ4n) is 3.65. The maximum Gasteiger partial charge on any atom is 0.159 e. The Balaban J connectivity index is 2.22. The zero-order valence-electron chi connectivity index (χ0n) is 12.1. The standard InChI is InChI=1S/C20H13NO/c1-12(22)13-10-18-14-6-2-4-8-16(14)20-17-9-5-3-7-15(17)19(11-13)21(18)20/h2-11H,1H3. The minimum Gasteiger partial charge on any atom is -0.308 e. The zero-order chi connectivity index (χ0) is 14.8. The second-order valence-corrected chi connectivity index (χ2v) is 5.85. The molecule has 0 aliphatic heterocycles. The predicted octanol–water partition coefficient (Wildman–Crippen LogP) is 5.04. The Morgan fingerprint density at radius 2 is 1.23 bits per heavy atom. The first-order valence-corrected chi connectivity index (χ1v) is 7.43. The molecule has 0 bridgehead atoms. The van der Waals surface area contributed by atoms with Crippen molar-refractivity contribution in [2.45, 2.75) is 6.92 Å². The Labute approximate surface area is 126 Å². The summed E-state index contributed by atoms with van der Waals surface area (Å²) in [7, 11) is 0. The van der Waals surface area contributed by atoms with E-state index in [9.17, 15) is 4.79 Å². The number of hydrogen-bond acceptors (Lipinski definition) is 1. The van der Waals surface area contributed by atoms with Crippen molar-refractivity contribution in [3.8, 4) is 0 Å². The van der Waals surface area contributed by atoms with E-state index in [0.717, 1.165) is 16.6 Å². The summed E-state index contributed by atoms with van der Waals surface area (Å²) in [5, 5.41) is 4.90. The smallest absolute Gasteiger partial charge is 0.159 e. The minimum atomic E-state index is 0.106. The molecule has 0 spiro atoms. The Hall–Kier alpha value is -2.87. The molecule has 0 radical (unpaired) electrons. The summed E-state index contributed by atoms with van der Waals surface area (Å²) in [6, 6.07) is 20.9. The van der Waals surface area contributed by atoms with Crippen LogP contribution in [0.15, 0.2) is 60.7 Å². The minimum absolute atomic E-state index is 0.106. The van der Waals surface area contributed by atoms with Gasteiger partial charge in [-0.15, -0.1) is 0 Å². The molecule has 104 valence electrons. The average molecular weight is 283 g/mol. The van der Waals surface area contributed by atoms with Crippen molar-refractivity contribution in [3.05, 3.63) is 66.2 Å². The number of rotatable bonds is 1. The number of nitrogens with zero attached hydrogens (tertiary/aromatic N) is 1. The molecule has 0 atom stereocenters. The second kappa shape index (κ2) is 3.86. The van der Waals surface area contributed by atoms with Crippen LogP contribution in [0.1, 0.15) is 17.3 Å². The molecule has 2 aromatic carbocycles. The van der Waals surface area contributed by atoms with Crippen molar-refractivity contribution >= 4 is 43.9 Å². The Morgan fingerprint density at radius 1 is 0.773 bits per heavy atom. The summed E-state index contributed by atoms with van der Waals surface area (Å²) in [4.78, 5) is 11.9. The third-order valence-corrected chi connectivity index (χ3v) is 4.61. The Kier molecular flexibility index (Phi) is 2.06. The van der Waals surface area contributed by atoms with Crippen molar-refractivity contribution in [1.82, 2.24) is 4.40 Å². The van der Waals surface area contributed by atoms with Crippen LogP contribution in [0, 0.1) is 0 Å². The molecule has 2 heteroatoms. The summed E-state index contributed by atoms with van der Waals surface area (Å²) >= 11 is 0. The van der Waals surface area contributed by atoms with E-state index in [1.807, 2.05) is 12.1 Å². The first-order chi connectivity index (χ1) is 10.8. The molecule has 3 heterocycles. The third-order valence-electron chi connectivity index (χ3n) is 4.61. The molecule has 0 saturated heterocycles. The van der Waals surface area contributed by atoms with Crippen LogP contribution in [0.5, 0.6) is 0 Å². The van der Waals surface area contributed by atoms with Crippen LogP contribution in [-0.2, 0) is 0 Å². The van der Waals surface area contributed by atoms with Crippen LogP contribution in [0.4, 0.5) is 0 Å². The number of ketones is 1. The third kappa shape index (κ3) is 1.27. The lowest BCUT2D eigenvalue weighted by Gasteiger charge is -2.02. The molecular weight excluding hydrogens is 270 g/mol. The lowest BCUT2D eigenvalue weighted by atomic mass is 10.1. The number of fused-ring (bicyclic) bond motifs is 6. The number of benzene rings is 2. The van der Waals surface area contributed by atoms with E-state index < -0.39 is 0 Å². The van der Waals surface area contributed by atoms with Gasteiger partial charge < -0.3 is 4.40 Å². The van der Waals surface area contributed by atoms with Crippen LogP contribution < -0.4 is 0 Å². The van der Waals surface area contributed by atoms with Crippen molar-refractivity contribution in [3.63, 3.8) is 0 Å². The highest BCUT2D eigenvalue weighted by molar-refractivity contribution is 6.23. The van der Waals surface area contributed by atoms with E-state index in [4.69, 9.17) is 0 Å². The van der Waals surface area contributed by atoms with Crippen LogP contribution in [0.25, 0.3) is 38.1 Å². The summed E-state index contributed by atoms with van der Waals surface area (Å²) in [6.45, 7) is 1.63. The molecule has 0 fully saturated rings. The van der Waals surface area contributed by atoms with Crippen LogP contribution in [0.2, 0.25) is 0 Å². The molecule has 0 amide bonds. The van der Waals surface area contributed by atoms with E-state index in [2.05, 4.69) is 52.9 Å². The maximum atomic E-state index is 11.9. The van der Waals surface area contributed by atoms with Crippen molar-refractivity contribution in [2.75, 3.05) is 0 Å². The summed E-state index contributed by atoms with van der Waals surface area (Å²) in [6.07, 6.45) is 0. The van der Waals surface area contributed by atoms with Crippen molar-refractivity contribution in [2.24, 2.45) is 0 Å². The van der Waals surface area contributed by atoms with Gasteiger partial charge in [0.25, 0.3) is 0 Å². The quantitative estimate of drug-likeness (QED) is 0.395. The van der Waals surface area contributed by atoms with E-state index >= 15 is 0 Å². The Morgan fingerprint density at radius 3 is 1.68 bits per heavy atom. The average Bonchev–Trinajstić information content (AvgIpc) is 3.05. The molecular formula is C20H13NO. The molecule has 5 rings (SSSR count). The van der Waals surface area contributed by atoms with Gasteiger partial charge in [-0.1, -0.05) is 48.5 Å². The van der Waals surface area contributed by atoms with Gasteiger partial charge in [-0.25, -0.2) is 0 Å². The van der Waals surface area contributed by atoms with E-state index in [0.29, 0.717) is 0 Å². The number of carbonyl (C=O) groups is 1. The fourth-order valence-corrected chi connectivity index (χ4v) is 3.65. The summed E-state index contributed by atoms with van der Waals surface area (Å²) in [5.41, 5.74) is 4.24. The number of Topliss-reactive ketones (excluding diaryl/α,β-unsaturated/α-hetero) is 1. The molecule has 2 nitrogen and oxygen atoms in total. The van der Waals surface area contributed by atoms with Gasteiger partial charge in [0, 0.05) is 27.1 Å². The van der Waals surface area contributed by atoms with E-state index in [-0.39, 0.29) is 5.78 Å². The van der Waals surface area contributed by atoms with Crippen LogP contribution in [-0.4, -0.2) is 10.2 Å². The number of hydrogen-bond donors (Lipinski definition) is 0. The predicted molar refractivity (Wildman–Crippen MR) is 91.1 cm³/mol. The molecule has 0 saturated carbocycles. The maximum absolute atomic E-state index is 11.9. The lowest BCUT2D eigenvalue weighted by molar-refractivity contribution is 0.101. The van der Waals surface area contributed by atoms with Gasteiger partial charge in [0.1, 0.15) is 0 Å². The summed E-state index contributed by atoms with van der Waals surface area (Å²) in [5.74, 6) is 0.106. The first-order valence-electron chi connectivity index (χ1n) is 7.43. The van der Waals surface area contributed by atoms with Crippen LogP contribution >= 0.6 is 0 Å². The molecule has 0 aliphatic rings. The topological polar surface area (TPSA) is 21.5 Å². The van der Waals surface area contributed by atoms with Gasteiger partial charge in [-0.2, -0.15) is 0 Å². The number of carbonyl (C=O) groups excluding carboxylic acids is 1. The van der Waals surface area contributed by atoms with E-state index in [1.165, 1.54) is 27.1 Å². The van der Waals surface area contributed by atoms with Gasteiger partial charge in [-0.3, -0.25) is 4.79 Å².